The SMILES string of the molecule is C[C@]12CCC(O)[C@@](C)(CO)[C@@H]1CCC1CC(O)C=C12. The number of fused-ring (bicyclic) bond motifs is 3. The minimum Gasteiger partial charge on any atom is -0.396 e. The molecule has 0 saturated heterocycles. The Labute approximate surface area is 115 Å². The standard InChI is InChI=1S/C16H26O3/c1-15-6-5-14(19)16(2,9-17)13(15)4-3-10-7-11(18)8-12(10)15/h8,10-11,13-14,17-19H,3-7,9H2,1-2H3/t10?,11?,13-,14?,15-,16+/m1/s1. The summed E-state index contributed by atoms with van der Waals surface area (Å²) >= 11 is 0. The zero-order valence-electron chi connectivity index (χ0n) is 12.0. The maximum Gasteiger partial charge on any atom is 0.0729 e. The Morgan fingerprint density at radius 2 is 1.95 bits per heavy atom. The van der Waals surface area contributed by atoms with Gasteiger partial charge in [0.15, 0.2) is 0 Å². The molecule has 3 aliphatic carbocycles. The van der Waals surface area contributed by atoms with Crippen LogP contribution in [0.5, 0.6) is 0 Å². The first-order valence-corrected chi connectivity index (χ1v) is 7.61. The van der Waals surface area contributed by atoms with Crippen LogP contribution in [0.25, 0.3) is 0 Å². The Morgan fingerprint density at radius 3 is 2.63 bits per heavy atom. The van der Waals surface area contributed by atoms with Gasteiger partial charge >= 0.3 is 0 Å². The van der Waals surface area contributed by atoms with Gasteiger partial charge in [-0.05, 0) is 49.4 Å². The van der Waals surface area contributed by atoms with E-state index in [1.807, 2.05) is 6.92 Å². The molecule has 3 aliphatic rings. The van der Waals surface area contributed by atoms with Gasteiger partial charge in [-0.15, -0.1) is 0 Å². The minimum absolute atomic E-state index is 0.0505. The first kappa shape index (κ1) is 13.6. The molecular formula is C16H26O3. The molecule has 0 aromatic carbocycles. The second kappa shape index (κ2) is 4.31. The van der Waals surface area contributed by atoms with E-state index in [0.29, 0.717) is 11.8 Å². The Kier molecular flexibility index (Phi) is 3.08. The van der Waals surface area contributed by atoms with Crippen molar-refractivity contribution in [3.05, 3.63) is 11.6 Å². The van der Waals surface area contributed by atoms with Crippen LogP contribution < -0.4 is 0 Å². The van der Waals surface area contributed by atoms with Gasteiger partial charge < -0.3 is 15.3 Å². The molecule has 0 spiro atoms. The van der Waals surface area contributed by atoms with Gasteiger partial charge in [0.1, 0.15) is 0 Å². The van der Waals surface area contributed by atoms with E-state index in [0.717, 1.165) is 32.1 Å². The van der Waals surface area contributed by atoms with Crippen LogP contribution in [0, 0.1) is 22.7 Å². The lowest BCUT2D eigenvalue weighted by Crippen LogP contribution is -2.55. The van der Waals surface area contributed by atoms with Crippen molar-refractivity contribution in [2.75, 3.05) is 6.61 Å². The highest BCUT2D eigenvalue weighted by Crippen LogP contribution is 2.62. The van der Waals surface area contributed by atoms with Gasteiger partial charge in [0.05, 0.1) is 18.8 Å². The van der Waals surface area contributed by atoms with E-state index in [1.165, 1.54) is 5.57 Å². The lowest BCUT2D eigenvalue weighted by molar-refractivity contribution is -0.130. The van der Waals surface area contributed by atoms with Gasteiger partial charge in [-0.25, -0.2) is 0 Å². The summed E-state index contributed by atoms with van der Waals surface area (Å²) < 4.78 is 0. The van der Waals surface area contributed by atoms with Crippen molar-refractivity contribution in [2.45, 2.75) is 58.2 Å². The van der Waals surface area contributed by atoms with E-state index in [2.05, 4.69) is 13.0 Å². The summed E-state index contributed by atoms with van der Waals surface area (Å²) in [5.74, 6) is 0.844. The number of allylic oxidation sites excluding steroid dienone is 1. The molecular weight excluding hydrogens is 240 g/mol. The molecule has 0 aliphatic heterocycles. The monoisotopic (exact) mass is 266 g/mol. The fourth-order valence-corrected chi connectivity index (χ4v) is 5.24. The van der Waals surface area contributed by atoms with Crippen LogP contribution in [0.1, 0.15) is 46.0 Å². The van der Waals surface area contributed by atoms with Gasteiger partial charge in [0.25, 0.3) is 0 Å². The Bertz CT molecular complexity index is 405. The smallest absolute Gasteiger partial charge is 0.0729 e. The molecule has 3 nitrogen and oxygen atoms in total. The average Bonchev–Trinajstić information content (AvgIpc) is 2.76. The lowest BCUT2D eigenvalue weighted by Gasteiger charge is -2.58. The molecule has 0 radical (unpaired) electrons. The van der Waals surface area contributed by atoms with Crippen LogP contribution in [-0.4, -0.2) is 34.1 Å². The molecule has 0 heterocycles. The number of hydrogen-bond acceptors (Lipinski definition) is 3. The van der Waals surface area contributed by atoms with Gasteiger partial charge in [0.2, 0.25) is 0 Å². The average molecular weight is 266 g/mol. The zero-order chi connectivity index (χ0) is 13.8. The maximum absolute atomic E-state index is 10.3. The molecule has 6 atom stereocenters. The van der Waals surface area contributed by atoms with Gasteiger partial charge in [-0.1, -0.05) is 25.5 Å². The number of rotatable bonds is 1. The molecule has 2 saturated carbocycles. The zero-order valence-corrected chi connectivity index (χ0v) is 12.0. The molecule has 0 bridgehead atoms. The molecule has 0 aromatic heterocycles. The van der Waals surface area contributed by atoms with E-state index >= 15 is 0 Å². The maximum atomic E-state index is 10.3. The molecule has 3 unspecified atom stereocenters. The van der Waals surface area contributed by atoms with E-state index in [1.54, 1.807) is 0 Å². The Balaban J connectivity index is 2.01. The first-order chi connectivity index (χ1) is 8.91. The third kappa shape index (κ3) is 1.75. The molecule has 0 amide bonds. The lowest BCUT2D eigenvalue weighted by atomic mass is 9.48. The van der Waals surface area contributed by atoms with Crippen molar-refractivity contribution < 1.29 is 15.3 Å². The van der Waals surface area contributed by atoms with Crippen LogP contribution in [0.3, 0.4) is 0 Å². The topological polar surface area (TPSA) is 60.7 Å². The van der Waals surface area contributed by atoms with Crippen molar-refractivity contribution in [3.63, 3.8) is 0 Å². The van der Waals surface area contributed by atoms with Crippen LogP contribution in [-0.2, 0) is 0 Å². The van der Waals surface area contributed by atoms with Crippen LogP contribution in [0.2, 0.25) is 0 Å². The van der Waals surface area contributed by atoms with E-state index in [9.17, 15) is 15.3 Å². The minimum atomic E-state index is -0.404. The molecule has 3 N–H and O–H groups in total. The summed E-state index contributed by atoms with van der Waals surface area (Å²) in [6, 6.07) is 0. The van der Waals surface area contributed by atoms with Crippen molar-refractivity contribution in [1.29, 1.82) is 0 Å². The fourth-order valence-electron chi connectivity index (χ4n) is 5.24. The molecule has 3 heteroatoms. The number of hydrogen-bond donors (Lipinski definition) is 3. The summed E-state index contributed by atoms with van der Waals surface area (Å²) in [6.45, 7) is 4.37. The van der Waals surface area contributed by atoms with Crippen molar-refractivity contribution in [3.8, 4) is 0 Å². The molecule has 3 rings (SSSR count). The highest BCUT2D eigenvalue weighted by molar-refractivity contribution is 5.29. The second-order valence-electron chi connectivity index (χ2n) is 7.39. The van der Waals surface area contributed by atoms with Crippen LogP contribution >= 0.6 is 0 Å². The van der Waals surface area contributed by atoms with E-state index in [4.69, 9.17) is 0 Å². The molecule has 108 valence electrons. The van der Waals surface area contributed by atoms with Gasteiger partial charge in [0, 0.05) is 5.41 Å². The predicted octanol–water partition coefficient (Wildman–Crippen LogP) is 1.86. The van der Waals surface area contributed by atoms with E-state index < -0.39 is 11.5 Å². The Hall–Kier alpha value is -0.380. The number of aliphatic hydroxyl groups is 3. The van der Waals surface area contributed by atoms with Crippen LogP contribution in [0.4, 0.5) is 0 Å². The van der Waals surface area contributed by atoms with Crippen molar-refractivity contribution in [1.82, 2.24) is 0 Å². The van der Waals surface area contributed by atoms with Gasteiger partial charge in [-0.3, -0.25) is 0 Å². The van der Waals surface area contributed by atoms with Crippen molar-refractivity contribution in [2.24, 2.45) is 22.7 Å². The summed E-state index contributed by atoms with van der Waals surface area (Å²) in [5.41, 5.74) is 1.06. The molecule has 0 aromatic rings. The van der Waals surface area contributed by atoms with Crippen molar-refractivity contribution >= 4 is 0 Å². The number of aliphatic hydroxyl groups excluding tert-OH is 3. The second-order valence-corrected chi connectivity index (χ2v) is 7.39. The summed E-state index contributed by atoms with van der Waals surface area (Å²) in [4.78, 5) is 0. The third-order valence-corrected chi connectivity index (χ3v) is 6.41. The summed E-state index contributed by atoms with van der Waals surface area (Å²) in [6.07, 6.45) is 6.11. The highest BCUT2D eigenvalue weighted by atomic mass is 16.3. The van der Waals surface area contributed by atoms with Gasteiger partial charge in [-0.2, -0.15) is 0 Å². The van der Waals surface area contributed by atoms with E-state index in [-0.39, 0.29) is 18.1 Å². The summed E-state index contributed by atoms with van der Waals surface area (Å²) in [5, 5.41) is 30.1. The summed E-state index contributed by atoms with van der Waals surface area (Å²) in [7, 11) is 0. The Morgan fingerprint density at radius 1 is 1.21 bits per heavy atom. The first-order valence-electron chi connectivity index (χ1n) is 7.61. The third-order valence-electron chi connectivity index (χ3n) is 6.41. The largest absolute Gasteiger partial charge is 0.396 e. The highest BCUT2D eigenvalue weighted by Gasteiger charge is 2.57. The molecule has 2 fully saturated rings. The fraction of sp³-hybridized carbons (Fsp3) is 0.875. The van der Waals surface area contributed by atoms with Crippen LogP contribution in [0.15, 0.2) is 11.6 Å². The quantitative estimate of drug-likeness (QED) is 0.635. The predicted molar refractivity (Wildman–Crippen MR) is 73.5 cm³/mol. The molecule has 19 heavy (non-hydrogen) atoms. The normalized spacial score (nSPS) is 53.4.